The van der Waals surface area contributed by atoms with Crippen molar-refractivity contribution < 1.29 is 23.1 Å². The van der Waals surface area contributed by atoms with Gasteiger partial charge in [-0.05, 0) is 106 Å². The second-order valence-electron chi connectivity index (χ2n) is 12.1. The first-order valence-electron chi connectivity index (χ1n) is 14.4. The Morgan fingerprint density at radius 3 is 2.38 bits per heavy atom. The molecule has 1 amide bonds. The average molecular weight is 548 g/mol. The molecule has 4 saturated carbocycles. The molecule has 8 heteroatoms. The van der Waals surface area contributed by atoms with Crippen molar-refractivity contribution in [3.63, 3.8) is 0 Å². The second kappa shape index (κ2) is 10.5. The van der Waals surface area contributed by atoms with Crippen molar-refractivity contribution in [3.05, 3.63) is 70.5 Å². The second-order valence-corrected chi connectivity index (χ2v) is 12.1. The van der Waals surface area contributed by atoms with Crippen LogP contribution in [0.25, 0.3) is 11.4 Å². The number of imidazole rings is 1. The first kappa shape index (κ1) is 26.7. The molecule has 0 saturated heterocycles. The van der Waals surface area contributed by atoms with Crippen molar-refractivity contribution in [1.82, 2.24) is 9.97 Å². The van der Waals surface area contributed by atoms with Crippen molar-refractivity contribution in [1.29, 1.82) is 0 Å². The first-order chi connectivity index (χ1) is 19.2. The van der Waals surface area contributed by atoms with Crippen LogP contribution in [0, 0.1) is 41.7 Å². The number of carbonyl (C=O) groups is 2. The molecular formula is C32H35F2N3O3. The third-order valence-corrected chi connectivity index (χ3v) is 9.28. The summed E-state index contributed by atoms with van der Waals surface area (Å²) in [6.07, 6.45) is 9.52. The molecule has 4 aliphatic rings. The molecule has 1 aromatic heterocycles. The molecule has 210 valence electrons. The molecule has 2 aromatic carbocycles. The van der Waals surface area contributed by atoms with Gasteiger partial charge in [0.25, 0.3) is 5.91 Å². The van der Waals surface area contributed by atoms with E-state index < -0.39 is 29.1 Å². The van der Waals surface area contributed by atoms with Gasteiger partial charge in [-0.1, -0.05) is 24.3 Å². The van der Waals surface area contributed by atoms with Crippen molar-refractivity contribution in [2.75, 3.05) is 11.9 Å². The lowest BCUT2D eigenvalue weighted by Crippen LogP contribution is -2.46. The molecule has 0 radical (unpaired) electrons. The number of esters is 1. The Balaban J connectivity index is 1.30. The quantitative estimate of drug-likeness (QED) is 0.291. The number of aromatic nitrogens is 2. The predicted molar refractivity (Wildman–Crippen MR) is 148 cm³/mol. The number of nitrogens with one attached hydrogen (secondary N) is 2. The highest BCUT2D eigenvalue weighted by Gasteiger charge is 2.50. The number of anilines is 1. The molecule has 4 aliphatic carbocycles. The lowest BCUT2D eigenvalue weighted by molar-refractivity contribution is -0.0570. The Morgan fingerprint density at radius 2 is 1.73 bits per heavy atom. The van der Waals surface area contributed by atoms with Gasteiger partial charge in [-0.25, -0.2) is 18.6 Å². The highest BCUT2D eigenvalue weighted by molar-refractivity contribution is 6.05. The minimum absolute atomic E-state index is 0.0314. The van der Waals surface area contributed by atoms with Crippen LogP contribution in [0.1, 0.15) is 84.0 Å². The zero-order valence-electron chi connectivity index (χ0n) is 23.0. The maximum atomic E-state index is 15.2. The van der Waals surface area contributed by atoms with Crippen LogP contribution in [0.15, 0.2) is 36.4 Å². The van der Waals surface area contributed by atoms with E-state index in [9.17, 15) is 14.0 Å². The maximum Gasteiger partial charge on any atom is 0.344 e. The number of carbonyl (C=O) groups excluding carboxylic acids is 2. The Hall–Kier alpha value is -3.55. The van der Waals surface area contributed by atoms with Crippen molar-refractivity contribution in [3.8, 4) is 11.4 Å². The largest absolute Gasteiger partial charge is 0.462 e. The summed E-state index contributed by atoms with van der Waals surface area (Å²) in [6, 6.07) is 9.85. The number of H-pyrrole nitrogens is 1. The van der Waals surface area contributed by atoms with Gasteiger partial charge in [0.15, 0.2) is 5.82 Å². The first-order valence-corrected chi connectivity index (χ1v) is 14.4. The molecule has 0 aliphatic heterocycles. The van der Waals surface area contributed by atoms with Crippen molar-refractivity contribution in [2.45, 2.75) is 65.2 Å². The molecule has 7 rings (SSSR count). The van der Waals surface area contributed by atoms with Gasteiger partial charge in [0, 0.05) is 11.3 Å². The van der Waals surface area contributed by atoms with E-state index in [0.717, 1.165) is 47.4 Å². The van der Waals surface area contributed by atoms with Crippen LogP contribution in [0.4, 0.5) is 14.5 Å². The number of ether oxygens (including phenoxy) is 1. The lowest BCUT2D eigenvalue weighted by Gasteiger charge is -2.57. The molecule has 40 heavy (non-hydrogen) atoms. The summed E-state index contributed by atoms with van der Waals surface area (Å²) < 4.78 is 34.3. The molecule has 4 fully saturated rings. The third-order valence-electron chi connectivity index (χ3n) is 9.28. The molecule has 4 bridgehead atoms. The van der Waals surface area contributed by atoms with Crippen molar-refractivity contribution >= 4 is 17.6 Å². The molecule has 0 atom stereocenters. The van der Waals surface area contributed by atoms with E-state index in [1.165, 1.54) is 38.5 Å². The summed E-state index contributed by atoms with van der Waals surface area (Å²) in [6.45, 7) is 3.50. The van der Waals surface area contributed by atoms with Gasteiger partial charge >= 0.3 is 5.97 Å². The fourth-order valence-electron chi connectivity index (χ4n) is 7.95. The van der Waals surface area contributed by atoms with Crippen LogP contribution < -0.4 is 5.32 Å². The van der Waals surface area contributed by atoms with Gasteiger partial charge < -0.3 is 15.0 Å². The topological polar surface area (TPSA) is 84.1 Å². The number of amides is 1. The van der Waals surface area contributed by atoms with E-state index in [2.05, 4.69) is 15.3 Å². The fraction of sp³-hybridized carbons (Fsp3) is 0.469. The van der Waals surface area contributed by atoms with Gasteiger partial charge in [0.1, 0.15) is 22.9 Å². The van der Waals surface area contributed by atoms with Crippen LogP contribution in [-0.4, -0.2) is 28.5 Å². The van der Waals surface area contributed by atoms with Gasteiger partial charge in [0.05, 0.1) is 12.3 Å². The number of nitrogens with zero attached hydrogens (tertiary/aromatic N) is 1. The molecule has 1 heterocycles. The normalized spacial score (nSPS) is 24.8. The smallest absolute Gasteiger partial charge is 0.344 e. The molecule has 6 nitrogen and oxygen atoms in total. The third kappa shape index (κ3) is 4.93. The van der Waals surface area contributed by atoms with Crippen LogP contribution >= 0.6 is 0 Å². The number of halogens is 2. The molecule has 3 aromatic rings. The Labute approximate surface area is 232 Å². The van der Waals surface area contributed by atoms with Gasteiger partial charge in [-0.3, -0.25) is 4.79 Å². The van der Waals surface area contributed by atoms with Crippen LogP contribution in [0.2, 0.25) is 0 Å². The number of aromatic amines is 1. The monoisotopic (exact) mass is 547 g/mol. The standard InChI is InChI=1S/C32H35F2N3O3/c1-3-40-31(39)26-23(33)8-9-24(27(26)34)36-30(38)28-25(35-29(37-28)22-7-5-4-6-18(22)2)10-11-32-15-19-12-20(16-32)14-21(13-19)17-32/h4-9,19-21H,3,10-17H2,1-2H3,(H,35,37)(H,36,38). The molecule has 2 N–H and O–H groups in total. The number of hydrogen-bond acceptors (Lipinski definition) is 4. The minimum atomic E-state index is -1.17. The number of benzene rings is 2. The Bertz CT molecular complexity index is 1430. The van der Waals surface area contributed by atoms with E-state index in [1.54, 1.807) is 6.92 Å². The Morgan fingerprint density at radius 1 is 1.05 bits per heavy atom. The van der Waals surface area contributed by atoms with E-state index in [-0.39, 0.29) is 18.0 Å². The van der Waals surface area contributed by atoms with Crippen molar-refractivity contribution in [2.24, 2.45) is 23.2 Å². The Kier molecular flexibility index (Phi) is 6.97. The van der Waals surface area contributed by atoms with E-state index in [0.29, 0.717) is 23.4 Å². The summed E-state index contributed by atoms with van der Waals surface area (Å²) >= 11 is 0. The number of rotatable bonds is 8. The molecular weight excluding hydrogens is 512 g/mol. The summed E-state index contributed by atoms with van der Waals surface area (Å²) in [7, 11) is 0. The highest BCUT2D eigenvalue weighted by Crippen LogP contribution is 2.61. The predicted octanol–water partition coefficient (Wildman–Crippen LogP) is 7.24. The number of aryl methyl sites for hydroxylation is 2. The van der Waals surface area contributed by atoms with Gasteiger partial charge in [-0.15, -0.1) is 0 Å². The van der Waals surface area contributed by atoms with Crippen LogP contribution in [0.3, 0.4) is 0 Å². The number of hydrogen-bond donors (Lipinski definition) is 2. The lowest BCUT2D eigenvalue weighted by atomic mass is 9.48. The summed E-state index contributed by atoms with van der Waals surface area (Å²) in [5.74, 6) is -0.891. The van der Waals surface area contributed by atoms with E-state index >= 15 is 4.39 Å². The highest BCUT2D eigenvalue weighted by atomic mass is 19.1. The molecule has 0 unspecified atom stereocenters. The minimum Gasteiger partial charge on any atom is -0.462 e. The van der Waals surface area contributed by atoms with Crippen LogP contribution in [-0.2, 0) is 11.2 Å². The van der Waals surface area contributed by atoms with E-state index in [1.807, 2.05) is 31.2 Å². The summed E-state index contributed by atoms with van der Waals surface area (Å²) in [5, 5.41) is 2.53. The van der Waals surface area contributed by atoms with Gasteiger partial charge in [0.2, 0.25) is 0 Å². The maximum absolute atomic E-state index is 15.2. The SMILES string of the molecule is CCOC(=O)c1c(F)ccc(NC(=O)c2nc(-c3ccccc3C)[nH]c2CCC23CC4CC(CC(C4)C2)C3)c1F. The molecule has 0 spiro atoms. The zero-order chi connectivity index (χ0) is 28.0. The van der Waals surface area contributed by atoms with Crippen LogP contribution in [0.5, 0.6) is 0 Å². The van der Waals surface area contributed by atoms with Gasteiger partial charge in [-0.2, -0.15) is 0 Å². The summed E-state index contributed by atoms with van der Waals surface area (Å²) in [4.78, 5) is 33.8. The van der Waals surface area contributed by atoms with E-state index in [4.69, 9.17) is 4.74 Å². The zero-order valence-corrected chi connectivity index (χ0v) is 23.0. The average Bonchev–Trinajstić information content (AvgIpc) is 3.33. The summed E-state index contributed by atoms with van der Waals surface area (Å²) in [5.41, 5.74) is 1.97. The fourth-order valence-corrected chi connectivity index (χ4v) is 7.95.